The monoisotopic (exact) mass is 161 g/mol. The zero-order valence-corrected chi connectivity index (χ0v) is 6.95. The van der Waals surface area contributed by atoms with Crippen LogP contribution in [-0.4, -0.2) is 12.0 Å². The first-order valence-corrected chi connectivity index (χ1v) is 3.81. The predicted octanol–water partition coefficient (Wildman–Crippen LogP) is 2.01. The maximum Gasteiger partial charge on any atom is 0.142 e. The molecule has 0 spiro atoms. The van der Waals surface area contributed by atoms with Crippen molar-refractivity contribution in [2.24, 2.45) is 0 Å². The van der Waals surface area contributed by atoms with Crippen molar-refractivity contribution in [2.45, 2.75) is 12.8 Å². The van der Waals surface area contributed by atoms with Gasteiger partial charge in [-0.3, -0.25) is 4.79 Å². The van der Waals surface area contributed by atoms with Gasteiger partial charge in [-0.25, -0.2) is 0 Å². The maximum absolute atomic E-state index is 11.0. The third kappa shape index (κ3) is 1.78. The number of hydrogen-bond donors (Lipinski definition) is 1. The molecule has 0 heterocycles. The number of Topliss-reactive ketones (excluding diaryl/α,β-unsaturated/α-hetero) is 1. The van der Waals surface area contributed by atoms with Gasteiger partial charge in [0.15, 0.2) is 0 Å². The van der Waals surface area contributed by atoms with E-state index in [2.05, 4.69) is 0 Å². The Labute approximate surface area is 71.7 Å². The van der Waals surface area contributed by atoms with E-state index in [1.807, 2.05) is 30.3 Å². The molecule has 0 fully saturated rings. The summed E-state index contributed by atoms with van der Waals surface area (Å²) in [5, 5.41) is 7.08. The van der Waals surface area contributed by atoms with Crippen molar-refractivity contribution in [3.05, 3.63) is 35.9 Å². The lowest BCUT2D eigenvalue weighted by atomic mass is 9.97. The topological polar surface area (TPSA) is 40.9 Å². The van der Waals surface area contributed by atoms with Gasteiger partial charge < -0.3 is 5.41 Å². The second-order valence-electron chi connectivity index (χ2n) is 2.67. The average Bonchev–Trinajstić information content (AvgIpc) is 2.07. The quantitative estimate of drug-likeness (QED) is 0.677. The van der Waals surface area contributed by atoms with Gasteiger partial charge >= 0.3 is 0 Å². The molecular formula is C10H11NO. The van der Waals surface area contributed by atoms with Crippen LogP contribution in [0.2, 0.25) is 0 Å². The van der Waals surface area contributed by atoms with Crippen LogP contribution in [0, 0.1) is 5.41 Å². The van der Waals surface area contributed by atoms with Crippen molar-refractivity contribution in [1.29, 1.82) is 5.41 Å². The van der Waals surface area contributed by atoms with Crippen molar-refractivity contribution in [2.75, 3.05) is 0 Å². The summed E-state index contributed by atoms with van der Waals surface area (Å²) >= 11 is 0. The smallest absolute Gasteiger partial charge is 0.142 e. The predicted molar refractivity (Wildman–Crippen MR) is 48.6 cm³/mol. The Balaban J connectivity index is 2.95. The van der Waals surface area contributed by atoms with Crippen LogP contribution < -0.4 is 0 Å². The molecule has 12 heavy (non-hydrogen) atoms. The first kappa shape index (κ1) is 8.65. The summed E-state index contributed by atoms with van der Waals surface area (Å²) in [6.45, 7) is 1.50. The Hall–Kier alpha value is -1.44. The number of nitrogens with one attached hydrogen (secondary N) is 1. The van der Waals surface area contributed by atoms with E-state index < -0.39 is 0 Å². The van der Waals surface area contributed by atoms with Gasteiger partial charge in [0, 0.05) is 6.21 Å². The van der Waals surface area contributed by atoms with Gasteiger partial charge in [0.05, 0.1) is 5.92 Å². The van der Waals surface area contributed by atoms with Gasteiger partial charge in [-0.05, 0) is 12.5 Å². The van der Waals surface area contributed by atoms with Crippen LogP contribution >= 0.6 is 0 Å². The minimum atomic E-state index is -0.369. The number of ketones is 1. The summed E-state index contributed by atoms with van der Waals surface area (Å²) in [6, 6.07) is 9.35. The number of rotatable bonds is 3. The number of carbonyl (C=O) groups excluding carboxylic acids is 1. The summed E-state index contributed by atoms with van der Waals surface area (Å²) < 4.78 is 0. The van der Waals surface area contributed by atoms with Crippen LogP contribution in [0.4, 0.5) is 0 Å². The zero-order chi connectivity index (χ0) is 8.97. The fourth-order valence-electron chi connectivity index (χ4n) is 1.11. The molecule has 0 aromatic heterocycles. The number of carbonyl (C=O) groups is 1. The molecule has 1 N–H and O–H groups in total. The van der Waals surface area contributed by atoms with Crippen LogP contribution in [-0.2, 0) is 4.79 Å². The van der Waals surface area contributed by atoms with Gasteiger partial charge in [0.1, 0.15) is 5.78 Å². The van der Waals surface area contributed by atoms with E-state index in [-0.39, 0.29) is 11.7 Å². The van der Waals surface area contributed by atoms with E-state index in [9.17, 15) is 4.79 Å². The molecule has 0 bridgehead atoms. The largest absolute Gasteiger partial charge is 0.312 e. The second kappa shape index (κ2) is 3.81. The highest BCUT2D eigenvalue weighted by Crippen LogP contribution is 2.13. The first-order chi connectivity index (χ1) is 5.75. The Kier molecular flexibility index (Phi) is 2.75. The molecule has 0 amide bonds. The molecule has 0 aliphatic carbocycles. The van der Waals surface area contributed by atoms with Gasteiger partial charge in [0.2, 0.25) is 0 Å². The molecule has 0 aliphatic heterocycles. The van der Waals surface area contributed by atoms with Crippen molar-refractivity contribution >= 4 is 12.0 Å². The van der Waals surface area contributed by atoms with Crippen LogP contribution in [0.25, 0.3) is 0 Å². The number of benzene rings is 1. The second-order valence-corrected chi connectivity index (χ2v) is 2.67. The Morgan fingerprint density at radius 2 is 2.00 bits per heavy atom. The molecule has 0 aliphatic rings. The van der Waals surface area contributed by atoms with E-state index in [1.165, 1.54) is 13.1 Å². The van der Waals surface area contributed by atoms with Gasteiger partial charge in [-0.15, -0.1) is 0 Å². The molecule has 1 aromatic carbocycles. The Morgan fingerprint density at radius 3 is 2.42 bits per heavy atom. The van der Waals surface area contributed by atoms with E-state index >= 15 is 0 Å². The van der Waals surface area contributed by atoms with Gasteiger partial charge in [-0.2, -0.15) is 0 Å². The van der Waals surface area contributed by atoms with Crippen molar-refractivity contribution < 1.29 is 4.79 Å². The Morgan fingerprint density at radius 1 is 1.42 bits per heavy atom. The summed E-state index contributed by atoms with van der Waals surface area (Å²) in [5.74, 6) is -0.359. The molecule has 0 unspecified atom stereocenters. The summed E-state index contributed by atoms with van der Waals surface area (Å²) in [5.41, 5.74) is 0.889. The summed E-state index contributed by atoms with van der Waals surface area (Å²) in [7, 11) is 0. The highest BCUT2D eigenvalue weighted by atomic mass is 16.1. The van der Waals surface area contributed by atoms with Crippen molar-refractivity contribution in [3.8, 4) is 0 Å². The molecule has 0 saturated heterocycles. The van der Waals surface area contributed by atoms with Crippen LogP contribution in [0.15, 0.2) is 30.3 Å². The molecule has 0 radical (unpaired) electrons. The van der Waals surface area contributed by atoms with Gasteiger partial charge in [0.25, 0.3) is 0 Å². The van der Waals surface area contributed by atoms with Crippen LogP contribution in [0.5, 0.6) is 0 Å². The van der Waals surface area contributed by atoms with Crippen LogP contribution in [0.3, 0.4) is 0 Å². The maximum atomic E-state index is 11.0. The number of hydrogen-bond acceptors (Lipinski definition) is 2. The lowest BCUT2D eigenvalue weighted by molar-refractivity contribution is -0.116. The highest BCUT2D eigenvalue weighted by molar-refractivity contribution is 5.98. The third-order valence-corrected chi connectivity index (χ3v) is 1.76. The highest BCUT2D eigenvalue weighted by Gasteiger charge is 2.11. The Bertz CT molecular complexity index is 279. The molecule has 1 aromatic rings. The van der Waals surface area contributed by atoms with E-state index in [0.29, 0.717) is 0 Å². The molecule has 1 rings (SSSR count). The summed E-state index contributed by atoms with van der Waals surface area (Å²) in [4.78, 5) is 11.0. The molecule has 0 saturated carbocycles. The van der Waals surface area contributed by atoms with Gasteiger partial charge in [-0.1, -0.05) is 30.3 Å². The fraction of sp³-hybridized carbons (Fsp3) is 0.200. The molecule has 1 atom stereocenters. The van der Waals surface area contributed by atoms with E-state index in [0.717, 1.165) is 5.56 Å². The fourth-order valence-corrected chi connectivity index (χ4v) is 1.11. The lowest BCUT2D eigenvalue weighted by Gasteiger charge is -2.06. The van der Waals surface area contributed by atoms with Crippen molar-refractivity contribution in [3.63, 3.8) is 0 Å². The SMILES string of the molecule is CC(=O)[C@H](C=N)c1ccccc1. The third-order valence-electron chi connectivity index (χ3n) is 1.76. The molecule has 62 valence electrons. The average molecular weight is 161 g/mol. The minimum Gasteiger partial charge on any atom is -0.312 e. The van der Waals surface area contributed by atoms with Crippen LogP contribution in [0.1, 0.15) is 18.4 Å². The van der Waals surface area contributed by atoms with E-state index in [1.54, 1.807) is 0 Å². The zero-order valence-electron chi connectivity index (χ0n) is 6.95. The van der Waals surface area contributed by atoms with Crippen molar-refractivity contribution in [1.82, 2.24) is 0 Å². The standard InChI is InChI=1S/C10H11NO/c1-8(12)10(7-11)9-5-3-2-4-6-9/h2-7,10-11H,1H3/t10-/m0/s1. The first-order valence-electron chi connectivity index (χ1n) is 3.81. The minimum absolute atomic E-state index is 0.0104. The van der Waals surface area contributed by atoms with E-state index in [4.69, 9.17) is 5.41 Å². The molecule has 2 heteroatoms. The lowest BCUT2D eigenvalue weighted by Crippen LogP contribution is -2.09. The molecule has 2 nitrogen and oxygen atoms in total. The normalized spacial score (nSPS) is 12.1. The molecular weight excluding hydrogens is 150 g/mol. The summed E-state index contributed by atoms with van der Waals surface area (Å²) in [6.07, 6.45) is 1.18.